The summed E-state index contributed by atoms with van der Waals surface area (Å²) >= 11 is 0. The van der Waals surface area contributed by atoms with Gasteiger partial charge in [0.05, 0.1) is 6.61 Å². The molecular formula is C13H20FNO2. The van der Waals surface area contributed by atoms with Gasteiger partial charge in [0.1, 0.15) is 11.6 Å². The lowest BCUT2D eigenvalue weighted by Crippen LogP contribution is -2.14. The Morgan fingerprint density at radius 1 is 1.35 bits per heavy atom. The molecule has 3 nitrogen and oxygen atoms in total. The van der Waals surface area contributed by atoms with Crippen molar-refractivity contribution in [1.82, 2.24) is 5.32 Å². The average Bonchev–Trinajstić information content (AvgIpc) is 2.34. The predicted octanol–water partition coefficient (Wildman–Crippen LogP) is 2.52. The molecule has 0 amide bonds. The van der Waals surface area contributed by atoms with Crippen molar-refractivity contribution in [3.8, 4) is 5.75 Å². The highest BCUT2D eigenvalue weighted by Crippen LogP contribution is 2.26. The Balaban J connectivity index is 2.69. The van der Waals surface area contributed by atoms with Crippen molar-refractivity contribution < 1.29 is 13.9 Å². The van der Waals surface area contributed by atoms with Gasteiger partial charge in [-0.05, 0) is 20.0 Å². The van der Waals surface area contributed by atoms with Gasteiger partial charge in [0.2, 0.25) is 0 Å². The normalized spacial score (nSPS) is 12.5. The molecule has 1 atom stereocenters. The smallest absolute Gasteiger partial charge is 0.126 e. The Morgan fingerprint density at radius 2 is 2.12 bits per heavy atom. The molecule has 1 aromatic carbocycles. The minimum Gasteiger partial charge on any atom is -0.493 e. The minimum absolute atomic E-state index is 0.132. The summed E-state index contributed by atoms with van der Waals surface area (Å²) in [4.78, 5) is 0. The van der Waals surface area contributed by atoms with Gasteiger partial charge in [-0.15, -0.1) is 0 Å². The van der Waals surface area contributed by atoms with E-state index in [1.165, 1.54) is 12.1 Å². The van der Waals surface area contributed by atoms with Gasteiger partial charge >= 0.3 is 0 Å². The first-order valence-electron chi connectivity index (χ1n) is 5.77. The maximum atomic E-state index is 13.2. The molecular weight excluding hydrogens is 221 g/mol. The number of methoxy groups -OCH3 is 1. The maximum absolute atomic E-state index is 13.2. The van der Waals surface area contributed by atoms with E-state index < -0.39 is 0 Å². The van der Waals surface area contributed by atoms with E-state index in [4.69, 9.17) is 9.47 Å². The number of hydrogen-bond donors (Lipinski definition) is 1. The molecule has 0 bridgehead atoms. The minimum atomic E-state index is -0.279. The van der Waals surface area contributed by atoms with Crippen LogP contribution in [-0.2, 0) is 4.74 Å². The Kier molecular flexibility index (Phi) is 5.94. The van der Waals surface area contributed by atoms with Crippen LogP contribution in [-0.4, -0.2) is 27.4 Å². The number of nitrogens with one attached hydrogen (secondary N) is 1. The molecule has 0 aromatic heterocycles. The van der Waals surface area contributed by atoms with Crippen LogP contribution in [0.4, 0.5) is 4.39 Å². The van der Waals surface area contributed by atoms with Crippen molar-refractivity contribution in [1.29, 1.82) is 0 Å². The molecule has 1 aromatic rings. The average molecular weight is 241 g/mol. The number of hydrogen-bond acceptors (Lipinski definition) is 3. The Morgan fingerprint density at radius 3 is 2.76 bits per heavy atom. The number of benzene rings is 1. The van der Waals surface area contributed by atoms with Gasteiger partial charge < -0.3 is 14.8 Å². The van der Waals surface area contributed by atoms with E-state index in [0.29, 0.717) is 19.0 Å². The monoisotopic (exact) mass is 241 g/mol. The molecule has 1 unspecified atom stereocenters. The quantitative estimate of drug-likeness (QED) is 0.744. The molecule has 17 heavy (non-hydrogen) atoms. The van der Waals surface area contributed by atoms with Crippen molar-refractivity contribution in [3.05, 3.63) is 29.6 Å². The molecule has 1 N–H and O–H groups in total. The molecule has 96 valence electrons. The van der Waals surface area contributed by atoms with Crippen LogP contribution in [0, 0.1) is 5.82 Å². The molecule has 0 saturated carbocycles. The van der Waals surface area contributed by atoms with Crippen LogP contribution in [0.3, 0.4) is 0 Å². The fourth-order valence-electron chi connectivity index (χ4n) is 1.53. The summed E-state index contributed by atoms with van der Waals surface area (Å²) in [6.45, 7) is 3.18. The standard InChI is InChI=1S/C13H20FNO2/c1-10(15-2)12-6-5-11(14)9-13(12)17-8-4-7-16-3/h5-6,9-10,15H,4,7-8H2,1-3H3. The van der Waals surface area contributed by atoms with Crippen LogP contribution >= 0.6 is 0 Å². The zero-order valence-corrected chi connectivity index (χ0v) is 10.6. The van der Waals surface area contributed by atoms with Gasteiger partial charge in [-0.25, -0.2) is 4.39 Å². The van der Waals surface area contributed by atoms with Crippen LogP contribution < -0.4 is 10.1 Å². The first kappa shape index (κ1) is 13.9. The summed E-state index contributed by atoms with van der Waals surface area (Å²) in [5.41, 5.74) is 0.964. The molecule has 4 heteroatoms. The Hall–Kier alpha value is -1.13. The number of halogens is 1. The lowest BCUT2D eigenvalue weighted by molar-refractivity contribution is 0.171. The second-order valence-corrected chi connectivity index (χ2v) is 3.89. The van der Waals surface area contributed by atoms with E-state index in [1.807, 2.05) is 14.0 Å². The maximum Gasteiger partial charge on any atom is 0.126 e. The molecule has 1 rings (SSSR count). The second-order valence-electron chi connectivity index (χ2n) is 3.89. The summed E-state index contributed by atoms with van der Waals surface area (Å²) in [5, 5.41) is 3.12. The van der Waals surface area contributed by atoms with E-state index in [1.54, 1.807) is 13.2 Å². The van der Waals surface area contributed by atoms with Gasteiger partial charge in [0, 0.05) is 37.8 Å². The molecule has 0 spiro atoms. The van der Waals surface area contributed by atoms with Gasteiger partial charge in [0.25, 0.3) is 0 Å². The third-order valence-electron chi connectivity index (χ3n) is 2.63. The van der Waals surface area contributed by atoms with Gasteiger partial charge in [-0.1, -0.05) is 6.07 Å². The third kappa shape index (κ3) is 4.32. The van der Waals surface area contributed by atoms with E-state index in [0.717, 1.165) is 12.0 Å². The highest BCUT2D eigenvalue weighted by atomic mass is 19.1. The molecule has 0 heterocycles. The lowest BCUT2D eigenvalue weighted by atomic mass is 10.1. The summed E-state index contributed by atoms with van der Waals surface area (Å²) in [5.74, 6) is 0.321. The summed E-state index contributed by atoms with van der Waals surface area (Å²) in [6.07, 6.45) is 0.792. The molecule has 0 fully saturated rings. The van der Waals surface area contributed by atoms with Crippen LogP contribution in [0.25, 0.3) is 0 Å². The lowest BCUT2D eigenvalue weighted by Gasteiger charge is -2.16. The van der Waals surface area contributed by atoms with Gasteiger partial charge in [-0.2, -0.15) is 0 Å². The highest BCUT2D eigenvalue weighted by molar-refractivity contribution is 5.36. The first-order chi connectivity index (χ1) is 8.19. The fourth-order valence-corrected chi connectivity index (χ4v) is 1.53. The topological polar surface area (TPSA) is 30.5 Å². The summed E-state index contributed by atoms with van der Waals surface area (Å²) in [7, 11) is 3.51. The molecule has 0 radical (unpaired) electrons. The van der Waals surface area contributed by atoms with Crippen molar-refractivity contribution >= 4 is 0 Å². The van der Waals surface area contributed by atoms with Crippen LogP contribution in [0.5, 0.6) is 5.75 Å². The molecule has 0 aliphatic heterocycles. The van der Waals surface area contributed by atoms with Crippen LogP contribution in [0.2, 0.25) is 0 Å². The van der Waals surface area contributed by atoms with Crippen molar-refractivity contribution in [3.63, 3.8) is 0 Å². The van der Waals surface area contributed by atoms with Gasteiger partial charge in [0.15, 0.2) is 0 Å². The van der Waals surface area contributed by atoms with Crippen LogP contribution in [0.1, 0.15) is 24.9 Å². The zero-order chi connectivity index (χ0) is 12.7. The second kappa shape index (κ2) is 7.25. The Bertz CT molecular complexity index is 344. The molecule has 0 aliphatic carbocycles. The van der Waals surface area contributed by atoms with E-state index in [-0.39, 0.29) is 11.9 Å². The van der Waals surface area contributed by atoms with Crippen molar-refractivity contribution in [2.45, 2.75) is 19.4 Å². The van der Waals surface area contributed by atoms with Crippen molar-refractivity contribution in [2.75, 3.05) is 27.4 Å². The highest BCUT2D eigenvalue weighted by Gasteiger charge is 2.10. The largest absolute Gasteiger partial charge is 0.493 e. The van der Waals surface area contributed by atoms with E-state index in [9.17, 15) is 4.39 Å². The first-order valence-corrected chi connectivity index (χ1v) is 5.77. The van der Waals surface area contributed by atoms with E-state index >= 15 is 0 Å². The number of ether oxygens (including phenoxy) is 2. The zero-order valence-electron chi connectivity index (χ0n) is 10.6. The third-order valence-corrected chi connectivity index (χ3v) is 2.63. The fraction of sp³-hybridized carbons (Fsp3) is 0.538. The Labute approximate surface area is 102 Å². The SMILES string of the molecule is CNC(C)c1ccc(F)cc1OCCCOC. The van der Waals surface area contributed by atoms with Crippen LogP contribution in [0.15, 0.2) is 18.2 Å². The van der Waals surface area contributed by atoms with Crippen molar-refractivity contribution in [2.24, 2.45) is 0 Å². The van der Waals surface area contributed by atoms with E-state index in [2.05, 4.69) is 5.32 Å². The molecule has 0 saturated heterocycles. The van der Waals surface area contributed by atoms with Gasteiger partial charge in [-0.3, -0.25) is 0 Å². The summed E-state index contributed by atoms with van der Waals surface area (Å²) in [6, 6.07) is 4.76. The summed E-state index contributed by atoms with van der Waals surface area (Å²) < 4.78 is 23.7. The predicted molar refractivity (Wildman–Crippen MR) is 65.9 cm³/mol. The molecule has 0 aliphatic rings. The number of rotatable bonds is 7.